The third kappa shape index (κ3) is 3.97. The molecule has 0 fully saturated rings. The van der Waals surface area contributed by atoms with Crippen molar-refractivity contribution in [2.24, 2.45) is 0 Å². The first-order valence-corrected chi connectivity index (χ1v) is 7.12. The lowest BCUT2D eigenvalue weighted by Gasteiger charge is -2.34. The van der Waals surface area contributed by atoms with Gasteiger partial charge in [-0.2, -0.15) is 0 Å². The van der Waals surface area contributed by atoms with E-state index in [1.807, 2.05) is 6.92 Å². The highest BCUT2D eigenvalue weighted by molar-refractivity contribution is 5.97. The predicted octanol–water partition coefficient (Wildman–Crippen LogP) is 2.80. The molecule has 0 saturated carbocycles. The minimum atomic E-state index is -1.26. The highest BCUT2D eigenvalue weighted by Gasteiger charge is 2.37. The van der Waals surface area contributed by atoms with Gasteiger partial charge in [0.05, 0.1) is 6.61 Å². The van der Waals surface area contributed by atoms with E-state index in [1.165, 1.54) is 18.7 Å². The maximum Gasteiger partial charge on any atom is 0.329 e. The second-order valence-electron chi connectivity index (χ2n) is 5.29. The molecular weight excluding hydrogens is 270 g/mol. The number of carbonyl (C=O) groups is 2. The predicted molar refractivity (Wildman–Crippen MR) is 80.7 cm³/mol. The van der Waals surface area contributed by atoms with E-state index in [2.05, 4.69) is 0 Å². The normalized spacial score (nSPS) is 11.0. The number of hydrogen-bond acceptors (Lipinski definition) is 3. The lowest BCUT2D eigenvalue weighted by molar-refractivity contribution is -0.147. The number of nitrogens with zero attached hydrogens (tertiary/aromatic N) is 1. The summed E-state index contributed by atoms with van der Waals surface area (Å²) < 4.78 is 5.51. The largest absolute Gasteiger partial charge is 0.494 e. The van der Waals surface area contributed by atoms with Crippen LogP contribution < -0.4 is 4.74 Å². The zero-order chi connectivity index (χ0) is 16.0. The van der Waals surface area contributed by atoms with Crippen LogP contribution in [0.25, 0.3) is 0 Å². The number of ether oxygens (including phenoxy) is 1. The Labute approximate surface area is 125 Å². The van der Waals surface area contributed by atoms with Crippen molar-refractivity contribution in [1.29, 1.82) is 0 Å². The van der Waals surface area contributed by atoms with Crippen LogP contribution in [0.3, 0.4) is 0 Å². The summed E-state index contributed by atoms with van der Waals surface area (Å²) in [7, 11) is 0. The standard InChI is InChI=1S/C16H23NO4/c1-5-10-21-13-9-7-8-12(11-13)14(18)17(6-2)16(3,4)15(19)20/h7-9,11H,5-6,10H2,1-4H3,(H,19,20). The summed E-state index contributed by atoms with van der Waals surface area (Å²) in [5.74, 6) is -0.727. The molecule has 0 aliphatic carbocycles. The highest BCUT2D eigenvalue weighted by atomic mass is 16.5. The Morgan fingerprint density at radius 3 is 2.48 bits per heavy atom. The fraction of sp³-hybridized carbons (Fsp3) is 0.500. The average molecular weight is 293 g/mol. The van der Waals surface area contributed by atoms with Crippen molar-refractivity contribution in [2.75, 3.05) is 13.2 Å². The minimum absolute atomic E-state index is 0.313. The molecule has 0 heterocycles. The van der Waals surface area contributed by atoms with Gasteiger partial charge >= 0.3 is 5.97 Å². The molecule has 0 atom stereocenters. The van der Waals surface area contributed by atoms with Gasteiger partial charge < -0.3 is 14.7 Å². The molecule has 116 valence electrons. The van der Waals surface area contributed by atoms with E-state index in [1.54, 1.807) is 31.2 Å². The van der Waals surface area contributed by atoms with Crippen molar-refractivity contribution >= 4 is 11.9 Å². The lowest BCUT2D eigenvalue weighted by Crippen LogP contribution is -2.52. The molecule has 1 rings (SSSR count). The molecule has 1 N–H and O–H groups in total. The van der Waals surface area contributed by atoms with Crippen molar-refractivity contribution in [3.8, 4) is 5.75 Å². The Morgan fingerprint density at radius 1 is 1.29 bits per heavy atom. The Hall–Kier alpha value is -2.04. The van der Waals surface area contributed by atoms with E-state index >= 15 is 0 Å². The third-order valence-corrected chi connectivity index (χ3v) is 3.31. The van der Waals surface area contributed by atoms with Crippen LogP contribution in [0.5, 0.6) is 5.75 Å². The van der Waals surface area contributed by atoms with E-state index in [9.17, 15) is 14.7 Å². The second-order valence-corrected chi connectivity index (χ2v) is 5.29. The van der Waals surface area contributed by atoms with E-state index < -0.39 is 11.5 Å². The van der Waals surface area contributed by atoms with Gasteiger partial charge in [-0.25, -0.2) is 4.79 Å². The van der Waals surface area contributed by atoms with E-state index in [0.29, 0.717) is 24.5 Å². The second kappa shape index (κ2) is 7.11. The fourth-order valence-electron chi connectivity index (χ4n) is 2.00. The SMILES string of the molecule is CCCOc1cccc(C(=O)N(CC)C(C)(C)C(=O)O)c1. The Kier molecular flexibility index (Phi) is 5.76. The van der Waals surface area contributed by atoms with Gasteiger partial charge in [0.1, 0.15) is 11.3 Å². The molecule has 5 heteroatoms. The topological polar surface area (TPSA) is 66.8 Å². The first-order chi connectivity index (χ1) is 9.84. The first kappa shape index (κ1) is 17.0. The molecule has 0 spiro atoms. The van der Waals surface area contributed by atoms with Crippen LogP contribution in [-0.2, 0) is 4.79 Å². The molecule has 0 aliphatic rings. The summed E-state index contributed by atoms with van der Waals surface area (Å²) in [5.41, 5.74) is -0.827. The van der Waals surface area contributed by atoms with Gasteiger partial charge in [-0.3, -0.25) is 4.79 Å². The van der Waals surface area contributed by atoms with Gasteiger partial charge in [0, 0.05) is 12.1 Å². The van der Waals surface area contributed by atoms with Gasteiger partial charge in [-0.05, 0) is 45.4 Å². The number of benzene rings is 1. The van der Waals surface area contributed by atoms with Crippen LogP contribution in [-0.4, -0.2) is 40.6 Å². The molecule has 0 aromatic heterocycles. The number of amides is 1. The van der Waals surface area contributed by atoms with Crippen molar-refractivity contribution in [3.05, 3.63) is 29.8 Å². The lowest BCUT2D eigenvalue weighted by atomic mass is 10.0. The molecular formula is C16H23NO4. The van der Waals surface area contributed by atoms with Gasteiger partial charge in [0.15, 0.2) is 0 Å². The van der Waals surface area contributed by atoms with Crippen LogP contribution in [0.15, 0.2) is 24.3 Å². The van der Waals surface area contributed by atoms with Crippen molar-refractivity contribution in [2.45, 2.75) is 39.7 Å². The number of carbonyl (C=O) groups excluding carboxylic acids is 1. The summed E-state index contributed by atoms with van der Waals surface area (Å²) in [5, 5.41) is 9.29. The molecule has 1 aromatic rings. The third-order valence-electron chi connectivity index (χ3n) is 3.31. The number of likely N-dealkylation sites (N-methyl/N-ethyl adjacent to an activating group) is 1. The average Bonchev–Trinajstić information content (AvgIpc) is 2.45. The highest BCUT2D eigenvalue weighted by Crippen LogP contribution is 2.21. The van der Waals surface area contributed by atoms with Gasteiger partial charge in [-0.15, -0.1) is 0 Å². The monoisotopic (exact) mass is 293 g/mol. The van der Waals surface area contributed by atoms with E-state index in [-0.39, 0.29) is 5.91 Å². The maximum atomic E-state index is 12.6. The van der Waals surface area contributed by atoms with Crippen LogP contribution in [0.1, 0.15) is 44.5 Å². The number of hydrogen-bond donors (Lipinski definition) is 1. The van der Waals surface area contributed by atoms with Crippen molar-refractivity contribution in [1.82, 2.24) is 4.90 Å². The molecule has 1 amide bonds. The number of carboxylic acids is 1. The van der Waals surface area contributed by atoms with Crippen LogP contribution in [0, 0.1) is 0 Å². The summed E-state index contributed by atoms with van der Waals surface area (Å²) in [6.45, 7) is 7.71. The zero-order valence-corrected chi connectivity index (χ0v) is 13.0. The molecule has 0 unspecified atom stereocenters. The molecule has 5 nitrogen and oxygen atoms in total. The van der Waals surface area contributed by atoms with Crippen LogP contribution in [0.2, 0.25) is 0 Å². The van der Waals surface area contributed by atoms with Crippen LogP contribution in [0.4, 0.5) is 0 Å². The Balaban J connectivity index is 3.03. The van der Waals surface area contributed by atoms with Gasteiger partial charge in [-0.1, -0.05) is 13.0 Å². The fourth-order valence-corrected chi connectivity index (χ4v) is 2.00. The van der Waals surface area contributed by atoms with Crippen molar-refractivity contribution in [3.63, 3.8) is 0 Å². The molecule has 21 heavy (non-hydrogen) atoms. The first-order valence-electron chi connectivity index (χ1n) is 7.12. The number of aliphatic carboxylic acids is 1. The Bertz CT molecular complexity index is 511. The van der Waals surface area contributed by atoms with E-state index in [0.717, 1.165) is 6.42 Å². The van der Waals surface area contributed by atoms with Crippen LogP contribution >= 0.6 is 0 Å². The zero-order valence-electron chi connectivity index (χ0n) is 13.0. The van der Waals surface area contributed by atoms with Gasteiger partial charge in [0.25, 0.3) is 5.91 Å². The summed E-state index contributed by atoms with van der Waals surface area (Å²) in [4.78, 5) is 25.2. The summed E-state index contributed by atoms with van der Waals surface area (Å²) in [6, 6.07) is 6.84. The van der Waals surface area contributed by atoms with Gasteiger partial charge in [0.2, 0.25) is 0 Å². The quantitative estimate of drug-likeness (QED) is 0.839. The van der Waals surface area contributed by atoms with Crippen molar-refractivity contribution < 1.29 is 19.4 Å². The summed E-state index contributed by atoms with van der Waals surface area (Å²) in [6.07, 6.45) is 0.880. The Morgan fingerprint density at radius 2 is 1.95 bits per heavy atom. The molecule has 0 saturated heterocycles. The maximum absolute atomic E-state index is 12.6. The number of rotatable bonds is 7. The molecule has 0 aliphatic heterocycles. The number of carboxylic acid groups (broad SMARTS) is 1. The van der Waals surface area contributed by atoms with E-state index in [4.69, 9.17) is 4.74 Å². The molecule has 0 radical (unpaired) electrons. The molecule has 1 aromatic carbocycles. The summed E-state index contributed by atoms with van der Waals surface area (Å²) >= 11 is 0. The minimum Gasteiger partial charge on any atom is -0.494 e. The smallest absolute Gasteiger partial charge is 0.329 e. The molecule has 0 bridgehead atoms.